The van der Waals surface area contributed by atoms with Crippen molar-refractivity contribution in [2.24, 2.45) is 23.7 Å². The molecule has 2 saturated heterocycles. The second kappa shape index (κ2) is 6.69. The molecule has 5 heteroatoms. The third-order valence-electron chi connectivity index (χ3n) is 6.55. The van der Waals surface area contributed by atoms with Gasteiger partial charge in [-0.15, -0.1) is 0 Å². The summed E-state index contributed by atoms with van der Waals surface area (Å²) in [5.74, 6) is 1.74. The molecule has 1 aliphatic carbocycles. The molecule has 5 nitrogen and oxygen atoms in total. The van der Waals surface area contributed by atoms with Crippen LogP contribution in [0.25, 0.3) is 0 Å². The summed E-state index contributed by atoms with van der Waals surface area (Å²) in [6, 6.07) is 0. The second-order valence-electron chi connectivity index (χ2n) is 7.88. The first kappa shape index (κ1) is 18.7. The fourth-order valence-electron chi connectivity index (χ4n) is 5.17. The maximum absolute atomic E-state index is 11.6. The van der Waals surface area contributed by atoms with Gasteiger partial charge in [-0.2, -0.15) is 0 Å². The van der Waals surface area contributed by atoms with Crippen LogP contribution in [0.3, 0.4) is 0 Å². The summed E-state index contributed by atoms with van der Waals surface area (Å²) in [4.78, 5) is 11.6. The molecular weight excluding hydrogens is 296 g/mol. The fraction of sp³-hybridized carbons (Fsp3) is 0.944. The first-order chi connectivity index (χ1) is 10.8. The average molecular weight is 328 g/mol. The topological polar surface area (TPSA) is 76.0 Å². The molecule has 0 aromatic carbocycles. The van der Waals surface area contributed by atoms with Crippen LogP contribution >= 0.6 is 0 Å². The van der Waals surface area contributed by atoms with Gasteiger partial charge >= 0.3 is 5.97 Å². The van der Waals surface area contributed by atoms with Gasteiger partial charge in [0.2, 0.25) is 0 Å². The van der Waals surface area contributed by atoms with E-state index in [2.05, 4.69) is 27.7 Å². The van der Waals surface area contributed by atoms with Crippen LogP contribution in [0.1, 0.15) is 53.4 Å². The SMILES string of the molecule is CC(C)C12CC3[C@H](C)CC[C@H]3C(C)(O1)C(OC(=O)CO)C2.CO. The highest BCUT2D eigenvalue weighted by Crippen LogP contribution is 2.62. The first-order valence-corrected chi connectivity index (χ1v) is 8.77. The van der Waals surface area contributed by atoms with Gasteiger partial charge in [0.25, 0.3) is 0 Å². The smallest absolute Gasteiger partial charge is 0.332 e. The van der Waals surface area contributed by atoms with Crippen molar-refractivity contribution in [3.05, 3.63) is 0 Å². The Balaban J connectivity index is 0.000000924. The zero-order chi connectivity index (χ0) is 17.4. The van der Waals surface area contributed by atoms with Gasteiger partial charge < -0.3 is 19.7 Å². The zero-order valence-electron chi connectivity index (χ0n) is 15.0. The highest BCUT2D eigenvalue weighted by molar-refractivity contribution is 5.70. The molecule has 134 valence electrons. The number of aliphatic hydroxyl groups excluding tert-OH is 2. The molecule has 6 atom stereocenters. The Labute approximate surface area is 139 Å². The summed E-state index contributed by atoms with van der Waals surface area (Å²) in [6.07, 6.45) is 4.03. The molecule has 2 heterocycles. The van der Waals surface area contributed by atoms with Crippen LogP contribution in [0, 0.1) is 23.7 Å². The zero-order valence-corrected chi connectivity index (χ0v) is 15.0. The minimum atomic E-state index is -0.550. The number of aliphatic hydroxyl groups is 2. The number of esters is 1. The lowest BCUT2D eigenvalue weighted by atomic mass is 9.72. The number of rotatable bonds is 3. The largest absolute Gasteiger partial charge is 0.457 e. The molecule has 1 saturated carbocycles. The minimum absolute atomic E-state index is 0.172. The number of ether oxygens (including phenoxy) is 2. The van der Waals surface area contributed by atoms with E-state index in [1.165, 1.54) is 6.42 Å². The van der Waals surface area contributed by atoms with E-state index in [0.717, 1.165) is 32.3 Å². The monoisotopic (exact) mass is 328 g/mol. The van der Waals surface area contributed by atoms with Crippen LogP contribution in [0.2, 0.25) is 0 Å². The van der Waals surface area contributed by atoms with Crippen molar-refractivity contribution in [3.63, 3.8) is 0 Å². The number of fused-ring (bicyclic) bond motifs is 4. The highest BCUT2D eigenvalue weighted by atomic mass is 16.6. The summed E-state index contributed by atoms with van der Waals surface area (Å²) in [7, 11) is 1.00. The van der Waals surface area contributed by atoms with E-state index in [1.807, 2.05) is 0 Å². The van der Waals surface area contributed by atoms with Crippen LogP contribution in [-0.4, -0.2) is 47.2 Å². The van der Waals surface area contributed by atoms with Gasteiger partial charge in [0, 0.05) is 13.5 Å². The molecular formula is C18H32O5. The third-order valence-corrected chi connectivity index (χ3v) is 6.55. The van der Waals surface area contributed by atoms with E-state index < -0.39 is 12.6 Å². The normalized spacial score (nSPS) is 44.5. The van der Waals surface area contributed by atoms with Gasteiger partial charge in [-0.05, 0) is 43.4 Å². The van der Waals surface area contributed by atoms with E-state index in [0.29, 0.717) is 17.8 Å². The van der Waals surface area contributed by atoms with E-state index in [-0.39, 0.29) is 17.3 Å². The van der Waals surface area contributed by atoms with Crippen LogP contribution in [0.15, 0.2) is 0 Å². The molecule has 0 aromatic heterocycles. The van der Waals surface area contributed by atoms with Crippen molar-refractivity contribution in [3.8, 4) is 0 Å². The van der Waals surface area contributed by atoms with Gasteiger partial charge in [-0.3, -0.25) is 0 Å². The van der Waals surface area contributed by atoms with E-state index in [1.54, 1.807) is 0 Å². The molecule has 2 aliphatic heterocycles. The molecule has 23 heavy (non-hydrogen) atoms. The van der Waals surface area contributed by atoms with Crippen molar-refractivity contribution in [2.75, 3.05) is 13.7 Å². The van der Waals surface area contributed by atoms with Gasteiger partial charge in [-0.25, -0.2) is 4.79 Å². The Bertz CT molecular complexity index is 437. The predicted octanol–water partition coefficient (Wildman–Crippen LogP) is 2.14. The van der Waals surface area contributed by atoms with Gasteiger partial charge in [0.1, 0.15) is 18.3 Å². The van der Waals surface area contributed by atoms with Gasteiger partial charge in [0.15, 0.2) is 0 Å². The molecule has 2 N–H and O–H groups in total. The molecule has 0 spiro atoms. The maximum Gasteiger partial charge on any atom is 0.332 e. The van der Waals surface area contributed by atoms with Gasteiger partial charge in [0.05, 0.1) is 5.60 Å². The van der Waals surface area contributed by atoms with Crippen LogP contribution in [0.4, 0.5) is 0 Å². The van der Waals surface area contributed by atoms with Crippen molar-refractivity contribution in [2.45, 2.75) is 70.7 Å². The molecule has 3 aliphatic rings. The fourth-order valence-corrected chi connectivity index (χ4v) is 5.17. The molecule has 0 radical (unpaired) electrons. The Kier molecular flexibility index (Phi) is 5.44. The summed E-state index contributed by atoms with van der Waals surface area (Å²) in [5, 5.41) is 16.0. The average Bonchev–Trinajstić information content (AvgIpc) is 3.00. The standard InChI is InChI=1S/C17H28O4.CH4O/c1-10(2)17-7-12-11(3)5-6-13(12)16(4,21-17)14(8-17)20-15(19)9-18;1-2/h10-14,18H,5-9H2,1-4H3;2H,1H3/t11-,12?,13-,14?,16?,17?;/m1./s1. The Morgan fingerprint density at radius 1 is 1.30 bits per heavy atom. The maximum atomic E-state index is 11.6. The van der Waals surface area contributed by atoms with E-state index in [9.17, 15) is 4.79 Å². The Hall–Kier alpha value is -0.650. The second-order valence-corrected chi connectivity index (χ2v) is 7.88. The third kappa shape index (κ3) is 2.92. The summed E-state index contributed by atoms with van der Waals surface area (Å²) < 4.78 is 12.2. The Morgan fingerprint density at radius 3 is 2.52 bits per heavy atom. The van der Waals surface area contributed by atoms with Crippen LogP contribution in [-0.2, 0) is 14.3 Å². The lowest BCUT2D eigenvalue weighted by molar-refractivity contribution is -0.214. The molecule has 4 unspecified atom stereocenters. The molecule has 3 rings (SSSR count). The Morgan fingerprint density at radius 2 is 1.96 bits per heavy atom. The quantitative estimate of drug-likeness (QED) is 0.776. The number of carbonyl (C=O) groups excluding carboxylic acids is 1. The summed E-state index contributed by atoms with van der Waals surface area (Å²) >= 11 is 0. The van der Waals surface area contributed by atoms with Crippen molar-refractivity contribution in [1.29, 1.82) is 0 Å². The van der Waals surface area contributed by atoms with E-state index in [4.69, 9.17) is 19.7 Å². The first-order valence-electron chi connectivity index (χ1n) is 8.77. The van der Waals surface area contributed by atoms with Crippen molar-refractivity contribution < 1.29 is 24.5 Å². The van der Waals surface area contributed by atoms with E-state index >= 15 is 0 Å². The van der Waals surface area contributed by atoms with Crippen LogP contribution in [0.5, 0.6) is 0 Å². The summed E-state index contributed by atoms with van der Waals surface area (Å²) in [5.41, 5.74) is -0.558. The molecule has 0 aromatic rings. The summed E-state index contributed by atoms with van der Waals surface area (Å²) in [6.45, 7) is 8.34. The number of hydrogen-bond donors (Lipinski definition) is 2. The number of carbonyl (C=O) groups is 1. The lowest BCUT2D eigenvalue weighted by Crippen LogP contribution is -2.53. The molecule has 3 fully saturated rings. The van der Waals surface area contributed by atoms with Crippen LogP contribution < -0.4 is 0 Å². The minimum Gasteiger partial charge on any atom is -0.457 e. The predicted molar refractivity (Wildman–Crippen MR) is 86.8 cm³/mol. The molecule has 2 bridgehead atoms. The number of hydrogen-bond acceptors (Lipinski definition) is 5. The van der Waals surface area contributed by atoms with Crippen molar-refractivity contribution in [1.82, 2.24) is 0 Å². The highest BCUT2D eigenvalue weighted by Gasteiger charge is 2.66. The molecule has 0 amide bonds. The van der Waals surface area contributed by atoms with Gasteiger partial charge in [-0.1, -0.05) is 27.2 Å². The lowest BCUT2D eigenvalue weighted by Gasteiger charge is -2.48. The van der Waals surface area contributed by atoms with Crippen molar-refractivity contribution >= 4 is 5.97 Å².